The summed E-state index contributed by atoms with van der Waals surface area (Å²) in [7, 11) is -2.27. The minimum absolute atomic E-state index is 0.00243. The van der Waals surface area contributed by atoms with Crippen molar-refractivity contribution in [2.24, 2.45) is 5.14 Å². The van der Waals surface area contributed by atoms with Crippen molar-refractivity contribution < 1.29 is 13.2 Å². The summed E-state index contributed by atoms with van der Waals surface area (Å²) in [5.74, 6) is 0.145. The lowest BCUT2D eigenvalue weighted by Gasteiger charge is -2.08. The van der Waals surface area contributed by atoms with E-state index in [0.717, 1.165) is 5.69 Å². The average Bonchev–Trinajstić information content (AvgIpc) is 3.06. The van der Waals surface area contributed by atoms with Crippen LogP contribution in [0.15, 0.2) is 59.6 Å². The smallest absolute Gasteiger partial charge is 0.271 e. The van der Waals surface area contributed by atoms with E-state index in [1.165, 1.54) is 19.2 Å². The van der Waals surface area contributed by atoms with Gasteiger partial charge in [-0.15, -0.1) is 0 Å². The van der Waals surface area contributed by atoms with Gasteiger partial charge in [-0.1, -0.05) is 11.6 Å². The normalized spacial score (nSPS) is 11.3. The Bertz CT molecular complexity index is 1060. The van der Waals surface area contributed by atoms with Gasteiger partial charge >= 0.3 is 0 Å². The van der Waals surface area contributed by atoms with Crippen LogP contribution < -0.4 is 10.5 Å². The van der Waals surface area contributed by atoms with Crippen LogP contribution in [0.3, 0.4) is 0 Å². The molecule has 0 atom stereocenters. The number of aromatic nitrogens is 2. The van der Waals surface area contributed by atoms with Gasteiger partial charge in [0.2, 0.25) is 10.0 Å². The van der Waals surface area contributed by atoms with Crippen molar-refractivity contribution in [1.82, 2.24) is 14.9 Å². The summed E-state index contributed by atoms with van der Waals surface area (Å²) in [6.45, 7) is 0. The summed E-state index contributed by atoms with van der Waals surface area (Å²) in [5.41, 5.74) is 1.61. The molecule has 0 spiro atoms. The highest BCUT2D eigenvalue weighted by Gasteiger charge is 2.17. The van der Waals surface area contributed by atoms with Crippen molar-refractivity contribution in [3.05, 3.63) is 65.4 Å². The molecule has 3 rings (SSSR count). The third-order valence-electron chi connectivity index (χ3n) is 3.71. The first-order valence-corrected chi connectivity index (χ1v) is 9.42. The number of halogens is 1. The van der Waals surface area contributed by atoms with Crippen LogP contribution in [0.4, 0.5) is 0 Å². The van der Waals surface area contributed by atoms with Crippen LogP contribution in [0.5, 0.6) is 0 Å². The number of imidazole rings is 1. The van der Waals surface area contributed by atoms with E-state index in [9.17, 15) is 13.2 Å². The Morgan fingerprint density at radius 1 is 1.12 bits per heavy atom. The molecule has 0 saturated heterocycles. The Balaban J connectivity index is 2.14. The van der Waals surface area contributed by atoms with Crippen LogP contribution in [-0.4, -0.2) is 30.9 Å². The molecule has 9 heteroatoms. The number of amides is 1. The van der Waals surface area contributed by atoms with E-state index >= 15 is 0 Å². The maximum atomic E-state index is 12.0. The first-order chi connectivity index (χ1) is 12.3. The first-order valence-electron chi connectivity index (χ1n) is 7.50. The lowest BCUT2D eigenvalue weighted by molar-refractivity contribution is 0.0958. The minimum Gasteiger partial charge on any atom is -0.354 e. The number of rotatable bonds is 4. The fourth-order valence-corrected chi connectivity index (χ4v) is 3.05. The highest BCUT2D eigenvalue weighted by atomic mass is 35.5. The number of carbonyl (C=O) groups excluding carboxylic acids is 1. The summed E-state index contributed by atoms with van der Waals surface area (Å²) >= 11 is 5.94. The molecule has 0 unspecified atom stereocenters. The van der Waals surface area contributed by atoms with Crippen molar-refractivity contribution in [2.45, 2.75) is 4.90 Å². The van der Waals surface area contributed by atoms with Gasteiger partial charge in [0.15, 0.2) is 0 Å². The third-order valence-corrected chi connectivity index (χ3v) is 4.89. The lowest BCUT2D eigenvalue weighted by Crippen LogP contribution is -2.18. The number of benzene rings is 2. The van der Waals surface area contributed by atoms with Crippen molar-refractivity contribution in [3.8, 4) is 17.1 Å². The fourth-order valence-electron chi connectivity index (χ4n) is 2.41. The van der Waals surface area contributed by atoms with Crippen molar-refractivity contribution >= 4 is 27.5 Å². The molecule has 0 radical (unpaired) electrons. The van der Waals surface area contributed by atoms with E-state index in [0.29, 0.717) is 16.4 Å². The molecule has 3 N–H and O–H groups in total. The zero-order valence-corrected chi connectivity index (χ0v) is 15.3. The molecule has 3 aromatic rings. The maximum absolute atomic E-state index is 12.0. The quantitative estimate of drug-likeness (QED) is 0.711. The summed E-state index contributed by atoms with van der Waals surface area (Å²) < 4.78 is 24.6. The molecule has 0 aliphatic rings. The van der Waals surface area contributed by atoms with Crippen LogP contribution in [0.2, 0.25) is 5.02 Å². The highest BCUT2D eigenvalue weighted by Crippen LogP contribution is 2.25. The third kappa shape index (κ3) is 3.62. The van der Waals surface area contributed by atoms with E-state index in [1.54, 1.807) is 47.2 Å². The van der Waals surface area contributed by atoms with Gasteiger partial charge in [-0.2, -0.15) is 0 Å². The molecule has 0 fully saturated rings. The SMILES string of the molecule is CNC(=O)c1cn(-c2ccc(Cl)cc2)c(-c2ccc(S(N)(=O)=O)cc2)n1. The molecular formula is C17H15ClN4O3S. The number of sulfonamides is 1. The second kappa shape index (κ2) is 6.91. The molecule has 0 aliphatic carbocycles. The van der Waals surface area contributed by atoms with Crippen LogP contribution in [0, 0.1) is 0 Å². The summed E-state index contributed by atoms with van der Waals surface area (Å²) in [6.07, 6.45) is 1.60. The number of hydrogen-bond donors (Lipinski definition) is 2. The van der Waals surface area contributed by atoms with Crippen LogP contribution in [0.1, 0.15) is 10.5 Å². The standard InChI is InChI=1S/C17H15ClN4O3S/c1-20-17(23)15-10-22(13-6-4-12(18)5-7-13)16(21-15)11-2-8-14(9-3-11)26(19,24)25/h2-10H,1H3,(H,20,23)(H2,19,24,25). The second-order valence-corrected chi connectivity index (χ2v) is 7.44. The lowest BCUT2D eigenvalue weighted by atomic mass is 10.2. The van der Waals surface area contributed by atoms with Gasteiger partial charge in [-0.25, -0.2) is 18.5 Å². The average molecular weight is 391 g/mol. The predicted molar refractivity (Wildman–Crippen MR) is 98.8 cm³/mol. The van der Waals surface area contributed by atoms with Gasteiger partial charge < -0.3 is 5.32 Å². The molecule has 0 bridgehead atoms. The molecule has 1 aromatic heterocycles. The van der Waals surface area contributed by atoms with Crippen molar-refractivity contribution in [2.75, 3.05) is 7.05 Å². The number of carbonyl (C=O) groups is 1. The number of nitrogens with zero attached hydrogens (tertiary/aromatic N) is 2. The largest absolute Gasteiger partial charge is 0.354 e. The van der Waals surface area contributed by atoms with Crippen molar-refractivity contribution in [3.63, 3.8) is 0 Å². The molecule has 26 heavy (non-hydrogen) atoms. The highest BCUT2D eigenvalue weighted by molar-refractivity contribution is 7.89. The van der Waals surface area contributed by atoms with Crippen LogP contribution in [0.25, 0.3) is 17.1 Å². The van der Waals surface area contributed by atoms with Gasteiger partial charge in [0.05, 0.1) is 4.90 Å². The number of hydrogen-bond acceptors (Lipinski definition) is 4. The van der Waals surface area contributed by atoms with Crippen molar-refractivity contribution in [1.29, 1.82) is 0 Å². The first kappa shape index (κ1) is 18.1. The molecule has 7 nitrogen and oxygen atoms in total. The zero-order chi connectivity index (χ0) is 18.9. The van der Waals surface area contributed by atoms with Crippen LogP contribution >= 0.6 is 11.6 Å². The fraction of sp³-hybridized carbons (Fsp3) is 0.0588. The van der Waals surface area contributed by atoms with E-state index in [-0.39, 0.29) is 16.5 Å². The molecular weight excluding hydrogens is 376 g/mol. The molecule has 1 amide bonds. The van der Waals surface area contributed by atoms with E-state index < -0.39 is 10.0 Å². The van der Waals surface area contributed by atoms with Gasteiger partial charge in [0, 0.05) is 29.5 Å². The van der Waals surface area contributed by atoms with E-state index in [4.69, 9.17) is 16.7 Å². The van der Waals surface area contributed by atoms with E-state index in [1.807, 2.05) is 0 Å². The summed E-state index contributed by atoms with van der Waals surface area (Å²) in [5, 5.41) is 8.24. The van der Waals surface area contributed by atoms with Gasteiger partial charge in [0.25, 0.3) is 5.91 Å². The molecule has 0 saturated carbocycles. The molecule has 0 aliphatic heterocycles. The molecule has 2 aromatic carbocycles. The Morgan fingerprint density at radius 3 is 2.27 bits per heavy atom. The molecule has 1 heterocycles. The van der Waals surface area contributed by atoms with Gasteiger partial charge in [0.1, 0.15) is 11.5 Å². The van der Waals surface area contributed by atoms with Gasteiger partial charge in [-0.3, -0.25) is 9.36 Å². The van der Waals surface area contributed by atoms with Crippen LogP contribution in [-0.2, 0) is 10.0 Å². The minimum atomic E-state index is -3.79. The zero-order valence-electron chi connectivity index (χ0n) is 13.7. The Morgan fingerprint density at radius 2 is 1.73 bits per heavy atom. The second-order valence-electron chi connectivity index (χ2n) is 5.44. The van der Waals surface area contributed by atoms with E-state index in [2.05, 4.69) is 10.3 Å². The summed E-state index contributed by atoms with van der Waals surface area (Å²) in [4.78, 5) is 16.4. The number of nitrogens with one attached hydrogen (secondary N) is 1. The van der Waals surface area contributed by atoms with Gasteiger partial charge in [-0.05, 0) is 48.5 Å². The molecule has 134 valence electrons. The Kier molecular flexibility index (Phi) is 4.82. The Labute approximate surface area is 155 Å². The topological polar surface area (TPSA) is 107 Å². The maximum Gasteiger partial charge on any atom is 0.271 e. The number of primary sulfonamides is 1. The number of nitrogens with two attached hydrogens (primary N) is 1. The monoisotopic (exact) mass is 390 g/mol. The predicted octanol–water partition coefficient (Wildman–Crippen LogP) is 2.20. The Hall–Kier alpha value is -2.68. The summed E-state index contributed by atoms with van der Waals surface area (Å²) in [6, 6.07) is 13.0.